The average molecular weight is 459 g/mol. The molecule has 5 rings (SSSR count). The minimum atomic E-state index is -2.00. The molecule has 2 aromatic carbocycles. The van der Waals surface area contributed by atoms with E-state index >= 15 is 4.39 Å². The largest absolute Gasteiger partial charge is 0.366 e. The number of urea groups is 1. The van der Waals surface area contributed by atoms with E-state index in [4.69, 9.17) is 4.74 Å². The van der Waals surface area contributed by atoms with Crippen molar-refractivity contribution in [1.29, 1.82) is 0 Å². The fourth-order valence-electron chi connectivity index (χ4n) is 4.98. The van der Waals surface area contributed by atoms with Crippen molar-refractivity contribution >= 4 is 11.9 Å². The highest BCUT2D eigenvalue weighted by Gasteiger charge is 2.51. The Balaban J connectivity index is 1.31. The van der Waals surface area contributed by atoms with Gasteiger partial charge < -0.3 is 19.9 Å². The normalized spacial score (nSPS) is 23.5. The highest BCUT2D eigenvalue weighted by Crippen LogP contribution is 2.45. The molecule has 2 atom stereocenters. The van der Waals surface area contributed by atoms with Gasteiger partial charge in [-0.15, -0.1) is 0 Å². The van der Waals surface area contributed by atoms with E-state index in [1.807, 2.05) is 0 Å². The first kappa shape index (κ1) is 21.8. The number of nitrogens with zero attached hydrogens (tertiary/aromatic N) is 2. The number of alkyl halides is 1. The number of halogens is 3. The molecular formula is C24H24F3N3O3. The Bertz CT molecular complexity index is 996. The summed E-state index contributed by atoms with van der Waals surface area (Å²) in [6.07, 6.45) is 0.512. The van der Waals surface area contributed by atoms with Gasteiger partial charge in [-0.25, -0.2) is 18.0 Å². The van der Waals surface area contributed by atoms with Gasteiger partial charge in [-0.3, -0.25) is 4.79 Å². The highest BCUT2D eigenvalue weighted by molar-refractivity contribution is 5.79. The summed E-state index contributed by atoms with van der Waals surface area (Å²) >= 11 is 0. The summed E-state index contributed by atoms with van der Waals surface area (Å²) in [5.74, 6) is -1.73. The van der Waals surface area contributed by atoms with Crippen LogP contribution in [0.5, 0.6) is 0 Å². The molecule has 3 aliphatic rings. The third-order valence-corrected chi connectivity index (χ3v) is 6.84. The first-order valence-electron chi connectivity index (χ1n) is 11.0. The maximum Gasteiger partial charge on any atom is 0.320 e. The number of hydrogen-bond acceptors (Lipinski definition) is 3. The molecule has 33 heavy (non-hydrogen) atoms. The maximum atomic E-state index is 16.6. The van der Waals surface area contributed by atoms with Crippen LogP contribution < -0.4 is 5.32 Å². The van der Waals surface area contributed by atoms with Crippen molar-refractivity contribution in [2.24, 2.45) is 5.92 Å². The maximum absolute atomic E-state index is 16.6. The van der Waals surface area contributed by atoms with Crippen molar-refractivity contribution in [2.45, 2.75) is 24.2 Å². The van der Waals surface area contributed by atoms with Crippen LogP contribution in [0.3, 0.4) is 0 Å². The van der Waals surface area contributed by atoms with E-state index in [2.05, 4.69) is 5.32 Å². The fourth-order valence-corrected chi connectivity index (χ4v) is 4.98. The van der Waals surface area contributed by atoms with Gasteiger partial charge in [0.05, 0.1) is 12.1 Å². The van der Waals surface area contributed by atoms with E-state index in [1.165, 1.54) is 48.5 Å². The predicted molar refractivity (Wildman–Crippen MR) is 113 cm³/mol. The van der Waals surface area contributed by atoms with Crippen LogP contribution in [0.2, 0.25) is 0 Å². The van der Waals surface area contributed by atoms with Crippen molar-refractivity contribution in [3.63, 3.8) is 0 Å². The lowest BCUT2D eigenvalue weighted by Crippen LogP contribution is -2.65. The van der Waals surface area contributed by atoms with Gasteiger partial charge in [-0.2, -0.15) is 0 Å². The molecule has 3 fully saturated rings. The number of likely N-dealkylation sites (tertiary alicyclic amines) is 2. The quantitative estimate of drug-likeness (QED) is 0.768. The van der Waals surface area contributed by atoms with Gasteiger partial charge in [0.1, 0.15) is 18.2 Å². The van der Waals surface area contributed by atoms with E-state index in [1.54, 1.807) is 9.80 Å². The van der Waals surface area contributed by atoms with Crippen LogP contribution in [-0.2, 0) is 15.2 Å². The first-order chi connectivity index (χ1) is 15.8. The number of piperidine rings is 1. The number of morpholine rings is 1. The van der Waals surface area contributed by atoms with Crippen molar-refractivity contribution in [3.8, 4) is 0 Å². The van der Waals surface area contributed by atoms with Crippen molar-refractivity contribution < 1.29 is 27.5 Å². The highest BCUT2D eigenvalue weighted by atomic mass is 19.1. The van der Waals surface area contributed by atoms with Gasteiger partial charge in [0.25, 0.3) is 0 Å². The Labute approximate surface area is 189 Å². The second-order valence-corrected chi connectivity index (χ2v) is 8.87. The van der Waals surface area contributed by atoms with E-state index < -0.39 is 23.2 Å². The first-order valence-corrected chi connectivity index (χ1v) is 11.0. The van der Waals surface area contributed by atoms with Crippen molar-refractivity contribution in [3.05, 3.63) is 71.3 Å². The lowest BCUT2D eigenvalue weighted by molar-refractivity contribution is -0.139. The zero-order valence-electron chi connectivity index (χ0n) is 17.8. The lowest BCUT2D eigenvalue weighted by atomic mass is 9.74. The molecule has 3 heterocycles. The molecule has 2 aromatic rings. The monoisotopic (exact) mass is 459 g/mol. The van der Waals surface area contributed by atoms with E-state index in [9.17, 15) is 18.4 Å². The molecule has 0 aliphatic carbocycles. The Morgan fingerprint density at radius 3 is 2.09 bits per heavy atom. The van der Waals surface area contributed by atoms with Gasteiger partial charge in [0.15, 0.2) is 5.67 Å². The summed E-state index contributed by atoms with van der Waals surface area (Å²) in [5.41, 5.74) is -1.48. The van der Waals surface area contributed by atoms with Gasteiger partial charge in [-0.1, -0.05) is 24.3 Å². The minimum absolute atomic E-state index is 0.0360. The molecule has 3 amide bonds. The number of amides is 3. The van der Waals surface area contributed by atoms with Crippen LogP contribution in [-0.4, -0.2) is 66.7 Å². The zero-order valence-corrected chi connectivity index (χ0v) is 17.8. The van der Waals surface area contributed by atoms with Crippen LogP contribution in [0.25, 0.3) is 0 Å². The third kappa shape index (κ3) is 3.94. The van der Waals surface area contributed by atoms with Gasteiger partial charge in [0.2, 0.25) is 5.91 Å². The van der Waals surface area contributed by atoms with E-state index in [-0.39, 0.29) is 54.9 Å². The van der Waals surface area contributed by atoms with Crippen LogP contribution >= 0.6 is 0 Å². The molecule has 3 aliphatic heterocycles. The summed E-state index contributed by atoms with van der Waals surface area (Å²) in [7, 11) is 0. The molecule has 3 saturated heterocycles. The SMILES string of the molecule is O=C1CO[C@H]2CCN(C(=O)N3CC(C(F)(c4ccc(F)cc4)c4ccc(F)cc4)C3)C[C@H]2N1. The molecule has 0 spiro atoms. The summed E-state index contributed by atoms with van der Waals surface area (Å²) in [6, 6.07) is 9.86. The Kier molecular flexibility index (Phi) is 5.52. The Morgan fingerprint density at radius 2 is 1.52 bits per heavy atom. The van der Waals surface area contributed by atoms with Gasteiger partial charge in [-0.05, 0) is 41.8 Å². The lowest BCUT2D eigenvalue weighted by Gasteiger charge is -2.49. The molecular weight excluding hydrogens is 435 g/mol. The molecule has 0 aromatic heterocycles. The number of carbonyl (C=O) groups is 2. The van der Waals surface area contributed by atoms with E-state index in [0.29, 0.717) is 19.5 Å². The smallest absolute Gasteiger partial charge is 0.320 e. The van der Waals surface area contributed by atoms with Crippen LogP contribution in [0, 0.1) is 17.6 Å². The standard InChI is InChI=1S/C24H24F3N3O3/c25-18-5-1-15(2-6-18)24(27,16-3-7-19(26)8-4-16)17-11-30(12-17)23(32)29-10-9-21-20(13-29)28-22(31)14-33-21/h1-8,17,20-21H,9-14H2,(H,28,31)/t20-,21+/m1/s1. The van der Waals surface area contributed by atoms with Gasteiger partial charge in [0, 0.05) is 32.1 Å². The average Bonchev–Trinajstić information content (AvgIpc) is 2.78. The van der Waals surface area contributed by atoms with Crippen molar-refractivity contribution in [2.75, 3.05) is 32.8 Å². The topological polar surface area (TPSA) is 61.9 Å². The second kappa shape index (κ2) is 8.37. The Hall–Kier alpha value is -3.07. The Morgan fingerprint density at radius 1 is 0.939 bits per heavy atom. The molecule has 0 unspecified atom stereocenters. The zero-order chi connectivity index (χ0) is 23.2. The number of ether oxygens (including phenoxy) is 1. The fraction of sp³-hybridized carbons (Fsp3) is 0.417. The summed E-state index contributed by atoms with van der Waals surface area (Å²) in [6.45, 7) is 1.20. The summed E-state index contributed by atoms with van der Waals surface area (Å²) < 4.78 is 49.1. The second-order valence-electron chi connectivity index (χ2n) is 8.87. The molecule has 0 saturated carbocycles. The number of fused-ring (bicyclic) bond motifs is 1. The number of hydrogen-bond donors (Lipinski definition) is 1. The number of nitrogens with one attached hydrogen (secondary N) is 1. The number of benzene rings is 2. The molecule has 6 nitrogen and oxygen atoms in total. The van der Waals surface area contributed by atoms with Gasteiger partial charge >= 0.3 is 6.03 Å². The van der Waals surface area contributed by atoms with Crippen molar-refractivity contribution in [1.82, 2.24) is 15.1 Å². The molecule has 0 radical (unpaired) electrons. The molecule has 1 N–H and O–H groups in total. The minimum Gasteiger partial charge on any atom is -0.366 e. The molecule has 9 heteroatoms. The number of carbonyl (C=O) groups excluding carboxylic acids is 2. The molecule has 0 bridgehead atoms. The summed E-state index contributed by atoms with van der Waals surface area (Å²) in [4.78, 5) is 27.9. The molecule has 174 valence electrons. The third-order valence-electron chi connectivity index (χ3n) is 6.84. The van der Waals surface area contributed by atoms with Crippen LogP contribution in [0.4, 0.5) is 18.0 Å². The van der Waals surface area contributed by atoms with Crippen LogP contribution in [0.15, 0.2) is 48.5 Å². The summed E-state index contributed by atoms with van der Waals surface area (Å²) in [5, 5.41) is 2.87. The number of rotatable bonds is 3. The van der Waals surface area contributed by atoms with Crippen LogP contribution in [0.1, 0.15) is 17.5 Å². The van der Waals surface area contributed by atoms with E-state index in [0.717, 1.165) is 0 Å². The predicted octanol–water partition coefficient (Wildman–Crippen LogP) is 2.82.